The quantitative estimate of drug-likeness (QED) is 0.789. The van der Waals surface area contributed by atoms with E-state index >= 15 is 0 Å². The predicted molar refractivity (Wildman–Crippen MR) is 86.8 cm³/mol. The van der Waals surface area contributed by atoms with Crippen molar-refractivity contribution in [1.82, 2.24) is 9.78 Å². The molecule has 0 fully saturated rings. The molecule has 0 aliphatic heterocycles. The van der Waals surface area contributed by atoms with Gasteiger partial charge in [-0.05, 0) is 29.6 Å². The molecular formula is C16H11F2N3O2S. The second-order valence-electron chi connectivity index (χ2n) is 4.86. The lowest BCUT2D eigenvalue weighted by atomic mass is 10.3. The van der Waals surface area contributed by atoms with Gasteiger partial charge >= 0.3 is 0 Å². The van der Waals surface area contributed by atoms with E-state index in [0.717, 1.165) is 27.8 Å². The summed E-state index contributed by atoms with van der Waals surface area (Å²) >= 11 is 1.45. The van der Waals surface area contributed by atoms with Gasteiger partial charge in [-0.15, -0.1) is 11.3 Å². The van der Waals surface area contributed by atoms with E-state index < -0.39 is 29.6 Å². The third-order valence-corrected chi connectivity index (χ3v) is 4.03. The summed E-state index contributed by atoms with van der Waals surface area (Å²) in [5, 5.41) is 8.22. The zero-order chi connectivity index (χ0) is 17.1. The minimum atomic E-state index is -0.766. The highest BCUT2D eigenvalue weighted by Gasteiger charge is 2.11. The van der Waals surface area contributed by atoms with Crippen molar-refractivity contribution in [3.63, 3.8) is 0 Å². The first kappa shape index (κ1) is 16.0. The zero-order valence-electron chi connectivity index (χ0n) is 12.2. The van der Waals surface area contributed by atoms with Gasteiger partial charge in [-0.25, -0.2) is 13.5 Å². The zero-order valence-corrected chi connectivity index (χ0v) is 13.0. The van der Waals surface area contributed by atoms with Gasteiger partial charge in [-0.1, -0.05) is 6.07 Å². The first-order valence-electron chi connectivity index (χ1n) is 6.90. The van der Waals surface area contributed by atoms with E-state index in [1.54, 1.807) is 6.07 Å². The number of hydrogen-bond acceptors (Lipinski definition) is 4. The molecule has 2 heterocycles. The van der Waals surface area contributed by atoms with E-state index in [4.69, 9.17) is 0 Å². The molecule has 0 aliphatic rings. The maximum atomic E-state index is 13.5. The Morgan fingerprint density at radius 3 is 2.79 bits per heavy atom. The number of aromatic nitrogens is 2. The maximum absolute atomic E-state index is 13.5. The first-order valence-corrected chi connectivity index (χ1v) is 7.78. The number of benzene rings is 1. The molecule has 24 heavy (non-hydrogen) atoms. The van der Waals surface area contributed by atoms with Crippen molar-refractivity contribution < 1.29 is 13.6 Å². The first-order chi connectivity index (χ1) is 11.5. The van der Waals surface area contributed by atoms with Crippen LogP contribution in [0.5, 0.6) is 0 Å². The third kappa shape index (κ3) is 3.54. The second-order valence-corrected chi connectivity index (χ2v) is 5.81. The molecule has 3 aromatic rings. The van der Waals surface area contributed by atoms with E-state index in [0.29, 0.717) is 5.69 Å². The molecule has 3 rings (SSSR count). The molecule has 0 radical (unpaired) electrons. The van der Waals surface area contributed by atoms with Gasteiger partial charge in [-0.2, -0.15) is 5.10 Å². The Labute approximate surface area is 139 Å². The van der Waals surface area contributed by atoms with E-state index in [9.17, 15) is 18.4 Å². The van der Waals surface area contributed by atoms with E-state index in [2.05, 4.69) is 10.4 Å². The smallest absolute Gasteiger partial charge is 0.267 e. The Hall–Kier alpha value is -2.87. The summed E-state index contributed by atoms with van der Waals surface area (Å²) < 4.78 is 27.6. The van der Waals surface area contributed by atoms with Gasteiger partial charge in [0, 0.05) is 12.1 Å². The average Bonchev–Trinajstić information content (AvgIpc) is 3.07. The lowest BCUT2D eigenvalue weighted by Crippen LogP contribution is -2.29. The number of thiophene rings is 1. The normalized spacial score (nSPS) is 10.6. The summed E-state index contributed by atoms with van der Waals surface area (Å²) in [6.07, 6.45) is 0. The van der Waals surface area contributed by atoms with Crippen molar-refractivity contribution in [2.24, 2.45) is 0 Å². The van der Waals surface area contributed by atoms with Crippen molar-refractivity contribution in [2.45, 2.75) is 6.54 Å². The van der Waals surface area contributed by atoms with Crippen LogP contribution in [0.4, 0.5) is 14.5 Å². The van der Waals surface area contributed by atoms with Crippen LogP contribution in [0, 0.1) is 11.6 Å². The molecule has 1 amide bonds. The number of nitrogens with one attached hydrogen (secondary N) is 1. The van der Waals surface area contributed by atoms with Crippen LogP contribution in [0.3, 0.4) is 0 Å². The monoisotopic (exact) mass is 347 g/mol. The van der Waals surface area contributed by atoms with Gasteiger partial charge in [0.05, 0.1) is 10.6 Å². The fourth-order valence-corrected chi connectivity index (χ4v) is 2.73. The Morgan fingerprint density at radius 1 is 1.21 bits per heavy atom. The van der Waals surface area contributed by atoms with Crippen LogP contribution in [-0.2, 0) is 11.3 Å². The molecule has 1 N–H and O–H groups in total. The largest absolute Gasteiger partial charge is 0.322 e. The van der Waals surface area contributed by atoms with Crippen LogP contribution in [0.25, 0.3) is 10.6 Å². The second kappa shape index (κ2) is 6.71. The van der Waals surface area contributed by atoms with Crippen molar-refractivity contribution in [3.8, 4) is 10.6 Å². The van der Waals surface area contributed by atoms with Gasteiger partial charge in [0.25, 0.3) is 5.56 Å². The van der Waals surface area contributed by atoms with Gasteiger partial charge in [0.2, 0.25) is 5.91 Å². The van der Waals surface area contributed by atoms with Crippen LogP contribution >= 0.6 is 11.3 Å². The number of amides is 1. The number of nitrogens with zero attached hydrogens (tertiary/aromatic N) is 2. The minimum absolute atomic E-state index is 0.289. The number of rotatable bonds is 4. The highest BCUT2D eigenvalue weighted by molar-refractivity contribution is 7.13. The predicted octanol–water partition coefficient (Wildman–Crippen LogP) is 2.89. The molecule has 122 valence electrons. The standard InChI is InChI=1S/C16H11F2N3O2S/c17-10-3-4-11(18)13(8-10)19-15(22)9-21-16(23)6-5-12(20-21)14-2-1-7-24-14/h1-8H,9H2,(H,19,22). The lowest BCUT2D eigenvalue weighted by Gasteiger charge is -2.08. The van der Waals surface area contributed by atoms with Crippen molar-refractivity contribution in [3.05, 3.63) is 69.8 Å². The third-order valence-electron chi connectivity index (χ3n) is 3.14. The van der Waals surface area contributed by atoms with Gasteiger partial charge in [0.15, 0.2) is 0 Å². The van der Waals surface area contributed by atoms with E-state index in [1.165, 1.54) is 17.4 Å². The number of anilines is 1. The molecule has 0 saturated carbocycles. The molecule has 2 aromatic heterocycles. The van der Waals surface area contributed by atoms with E-state index in [1.807, 2.05) is 17.5 Å². The summed E-state index contributed by atoms with van der Waals surface area (Å²) in [6, 6.07) is 9.27. The van der Waals surface area contributed by atoms with E-state index in [-0.39, 0.29) is 5.69 Å². The molecule has 0 aliphatic carbocycles. The van der Waals surface area contributed by atoms with Crippen LogP contribution < -0.4 is 10.9 Å². The van der Waals surface area contributed by atoms with Crippen molar-refractivity contribution >= 4 is 22.9 Å². The van der Waals surface area contributed by atoms with Crippen LogP contribution in [0.2, 0.25) is 0 Å². The Bertz CT molecular complexity index is 939. The van der Waals surface area contributed by atoms with Crippen LogP contribution in [0.1, 0.15) is 0 Å². The highest BCUT2D eigenvalue weighted by atomic mass is 32.1. The Morgan fingerprint density at radius 2 is 2.04 bits per heavy atom. The summed E-state index contributed by atoms with van der Waals surface area (Å²) in [5.41, 5.74) is -0.207. The lowest BCUT2D eigenvalue weighted by molar-refractivity contribution is -0.117. The van der Waals surface area contributed by atoms with Crippen molar-refractivity contribution in [1.29, 1.82) is 0 Å². The average molecular weight is 347 g/mol. The molecule has 0 bridgehead atoms. The Kier molecular flexibility index (Phi) is 4.48. The number of carbonyl (C=O) groups is 1. The molecule has 0 saturated heterocycles. The maximum Gasteiger partial charge on any atom is 0.267 e. The van der Waals surface area contributed by atoms with Crippen molar-refractivity contribution in [2.75, 3.05) is 5.32 Å². The fourth-order valence-electron chi connectivity index (χ4n) is 2.04. The van der Waals surface area contributed by atoms with Gasteiger partial charge < -0.3 is 5.32 Å². The highest BCUT2D eigenvalue weighted by Crippen LogP contribution is 2.21. The molecular weight excluding hydrogens is 336 g/mol. The molecule has 0 atom stereocenters. The number of hydrogen-bond donors (Lipinski definition) is 1. The summed E-state index contributed by atoms with van der Waals surface area (Å²) in [4.78, 5) is 24.7. The van der Waals surface area contributed by atoms with Gasteiger partial charge in [0.1, 0.15) is 23.9 Å². The van der Waals surface area contributed by atoms with Crippen LogP contribution in [0.15, 0.2) is 52.6 Å². The molecule has 8 heteroatoms. The SMILES string of the molecule is O=C(Cn1nc(-c2cccs2)ccc1=O)Nc1cc(F)ccc1F. The summed E-state index contributed by atoms with van der Waals surface area (Å²) in [6.45, 7) is -0.409. The summed E-state index contributed by atoms with van der Waals surface area (Å²) in [5.74, 6) is -2.13. The number of carbonyl (C=O) groups excluding carboxylic acids is 1. The molecule has 1 aromatic carbocycles. The fraction of sp³-hybridized carbons (Fsp3) is 0.0625. The van der Waals surface area contributed by atoms with Gasteiger partial charge in [-0.3, -0.25) is 9.59 Å². The molecule has 0 spiro atoms. The molecule has 0 unspecified atom stereocenters. The van der Waals surface area contributed by atoms with Crippen LogP contribution in [-0.4, -0.2) is 15.7 Å². The topological polar surface area (TPSA) is 64.0 Å². The molecule has 5 nitrogen and oxygen atoms in total. The minimum Gasteiger partial charge on any atom is -0.322 e. The number of halogens is 2. The summed E-state index contributed by atoms with van der Waals surface area (Å²) in [7, 11) is 0. The Balaban J connectivity index is 1.80.